The summed E-state index contributed by atoms with van der Waals surface area (Å²) in [6.07, 6.45) is 0.736. The van der Waals surface area contributed by atoms with Crippen LogP contribution in [0.5, 0.6) is 0 Å². The fourth-order valence-electron chi connectivity index (χ4n) is 4.40. The summed E-state index contributed by atoms with van der Waals surface area (Å²) in [5, 5.41) is 17.7. The van der Waals surface area contributed by atoms with Crippen molar-refractivity contribution in [1.82, 2.24) is 0 Å². The van der Waals surface area contributed by atoms with Crippen molar-refractivity contribution in [2.24, 2.45) is 33.5 Å². The number of aliphatic hydroxyl groups is 2. The van der Waals surface area contributed by atoms with Crippen LogP contribution < -0.4 is 0 Å². The van der Waals surface area contributed by atoms with Gasteiger partial charge < -0.3 is 67.1 Å². The Hall–Kier alpha value is -5.44. The predicted molar refractivity (Wildman–Crippen MR) is 268 cm³/mol. The Morgan fingerprint density at radius 2 is 0.940 bits per heavy atom. The van der Waals surface area contributed by atoms with E-state index >= 15 is 0 Å². The first kappa shape index (κ1) is 81.8. The van der Waals surface area contributed by atoms with E-state index in [0.29, 0.717) is 31.5 Å². The third kappa shape index (κ3) is 33.6. The molecule has 0 aromatic heterocycles. The van der Waals surface area contributed by atoms with Crippen molar-refractivity contribution >= 4 is 90.7 Å². The fraction of sp³-hybridized carbons (Fsp3) is 0.739. The van der Waals surface area contributed by atoms with Crippen LogP contribution in [-0.4, -0.2) is 201 Å². The number of ether oxygens (including phenoxy) is 12. The van der Waals surface area contributed by atoms with Crippen molar-refractivity contribution < 1.29 is 154 Å². The van der Waals surface area contributed by atoms with Crippen LogP contribution in [0.2, 0.25) is 0 Å². The Kier molecular flexibility index (Phi) is 38.6. The molecule has 0 aromatic rings. The van der Waals surface area contributed by atoms with Gasteiger partial charge in [-0.2, -0.15) is 0 Å². The molecule has 0 aromatic carbocycles. The second kappa shape index (κ2) is 39.2. The number of carbonyl (C=O) groups is 8. The predicted octanol–water partition coefficient (Wildman–Crippen LogP) is 5.53. The quantitative estimate of drug-likeness (QED) is 0.0268. The summed E-state index contributed by atoms with van der Waals surface area (Å²) < 4.78 is 174. The van der Waals surface area contributed by atoms with Crippen molar-refractivity contribution in [2.45, 2.75) is 93.1 Å². The van der Waals surface area contributed by atoms with Gasteiger partial charge in [-0.25, -0.2) is 19.2 Å². The molecule has 0 amide bonds. The fourth-order valence-corrected chi connectivity index (χ4v) is 8.75. The van der Waals surface area contributed by atoms with Gasteiger partial charge in [-0.1, -0.05) is 53.0 Å². The van der Waals surface area contributed by atoms with Gasteiger partial charge in [0, 0.05) is 6.61 Å². The summed E-state index contributed by atoms with van der Waals surface area (Å²) in [6, 6.07) is 0. The zero-order chi connectivity index (χ0) is 65.1. The number of alkyl halides is 6. The number of hydrogen-bond donors (Lipinski definition) is 2. The van der Waals surface area contributed by atoms with Gasteiger partial charge in [0.15, 0.2) is 0 Å². The molecule has 2 saturated heterocycles. The molecule has 2 heterocycles. The van der Waals surface area contributed by atoms with Gasteiger partial charge in [0.25, 0.3) is 0 Å². The van der Waals surface area contributed by atoms with E-state index in [4.69, 9.17) is 43.0 Å². The molecule has 0 aliphatic carbocycles. The topological polar surface area (TPSA) is 375 Å². The standard InChI is InChI=1S/C22H36O11.C9H12O5.C8H12O5.C5H12O.2CHF3O3S.Sn/c1-7-10-29-17(24)21(5,12-23)13-31-20(27)33-15-22(6,18(25)28-8-2)14-32-19(26)30-11-9-16(3)4;1-3-4-12-7(10)9(2)5-13-8(11)14-6-9;1-3-11-6(9)8(2)4-12-7(10)13-5-8;1-5(2)3-4-6;2*2-1(3,4)8(5,6)7;/h7,16,23H,1,8-15H2,2-6H3;3H,1,4-6H2,2H3;3-5H2,1-2H3;5-6H,3-4H2,1-2H3;2*(H,5,6,7);/q;;;;;;+2/p-2. The summed E-state index contributed by atoms with van der Waals surface area (Å²) in [6.45, 7) is 23.0. The SMILES string of the molecule is C=CCOC(=O)C(C)(CO)COC(=O)OCC(C)(COC(=O)OCCC(C)C)C(=O)OCC.C=CCOC(=O)C1(C)COC(=O)OC1.CC(C)CCO.CCOC(=O)C1(C)COC(=O)OC1.O=S(=O)([O][Sn][O]S(=O)(=O)C(F)(F)F)C(F)(F)F. The average molecular weight is 1370 g/mol. The zero-order valence-electron chi connectivity index (χ0n) is 47.1. The molecule has 0 bridgehead atoms. The number of halogens is 6. The number of hydrogen-bond acceptors (Lipinski definition) is 28. The van der Waals surface area contributed by atoms with E-state index in [0.717, 1.165) is 6.42 Å². The molecule has 2 fully saturated rings. The molecule has 2 aliphatic rings. The van der Waals surface area contributed by atoms with E-state index in [9.17, 15) is 86.6 Å². The number of carbonyl (C=O) groups excluding carboxylic acids is 8. The normalized spacial score (nSPS) is 15.8. The minimum atomic E-state index is -6.15. The molecule has 28 nitrogen and oxygen atoms in total. The van der Waals surface area contributed by atoms with Crippen LogP contribution in [0.3, 0.4) is 0 Å². The van der Waals surface area contributed by atoms with E-state index in [1.807, 2.05) is 13.8 Å². The molecule has 2 aliphatic heterocycles. The molecule has 2 atom stereocenters. The third-order valence-electron chi connectivity index (χ3n) is 9.57. The van der Waals surface area contributed by atoms with Crippen molar-refractivity contribution in [2.75, 3.05) is 92.5 Å². The number of cyclic esters (lactones) is 4. The summed E-state index contributed by atoms with van der Waals surface area (Å²) in [4.78, 5) is 92.1. The number of esters is 4. The first-order valence-electron chi connectivity index (χ1n) is 24.1. The summed E-state index contributed by atoms with van der Waals surface area (Å²) in [5.41, 5.74) is -16.5. The van der Waals surface area contributed by atoms with Crippen LogP contribution in [0.25, 0.3) is 0 Å². The first-order chi connectivity index (χ1) is 38.1. The van der Waals surface area contributed by atoms with Gasteiger partial charge in [-0.15, -0.1) is 0 Å². The second-order valence-corrected chi connectivity index (χ2v) is 25.0. The maximum absolute atomic E-state index is 12.4. The van der Waals surface area contributed by atoms with E-state index in [1.165, 1.54) is 26.0 Å². The van der Waals surface area contributed by atoms with Gasteiger partial charge in [0.2, 0.25) is 0 Å². The average Bonchev–Trinajstić information content (AvgIpc) is 3.41. The maximum atomic E-state index is 12.4. The monoisotopic (exact) mass is 1370 g/mol. The number of rotatable bonds is 26. The molecular weight excluding hydrogens is 1300 g/mol. The zero-order valence-corrected chi connectivity index (χ0v) is 51.6. The van der Waals surface area contributed by atoms with Gasteiger partial charge in [-0.3, -0.25) is 19.2 Å². The molecule has 37 heteroatoms. The van der Waals surface area contributed by atoms with Crippen molar-refractivity contribution in [3.63, 3.8) is 0 Å². The summed E-state index contributed by atoms with van der Waals surface area (Å²) in [7, 11) is -12.3. The van der Waals surface area contributed by atoms with Crippen LogP contribution in [0.1, 0.15) is 82.1 Å². The summed E-state index contributed by atoms with van der Waals surface area (Å²) in [5.74, 6) is -1.43. The Bertz CT molecular complexity index is 2230. The van der Waals surface area contributed by atoms with Crippen LogP contribution in [0.15, 0.2) is 25.3 Å². The number of aliphatic hydroxyl groups excluding tert-OH is 2. The Balaban J connectivity index is -0.00000107. The molecule has 2 unspecified atom stereocenters. The molecule has 2 rings (SSSR count). The second-order valence-electron chi connectivity index (χ2n) is 18.6. The third-order valence-corrected chi connectivity index (χ3v) is 16.2. The van der Waals surface area contributed by atoms with Crippen molar-refractivity contribution in [3.05, 3.63) is 25.3 Å². The van der Waals surface area contributed by atoms with Gasteiger partial charge >= 0.3 is 150 Å². The molecule has 2 radical (unpaired) electrons. The van der Waals surface area contributed by atoms with Gasteiger partial charge in [-0.05, 0) is 66.2 Å². The van der Waals surface area contributed by atoms with Crippen LogP contribution in [0.4, 0.5) is 45.5 Å². The molecule has 0 saturated carbocycles. The van der Waals surface area contributed by atoms with E-state index < -0.39 is 150 Å². The van der Waals surface area contributed by atoms with E-state index in [-0.39, 0.29) is 52.9 Å². The van der Waals surface area contributed by atoms with E-state index in [2.05, 4.69) is 51.0 Å². The Labute approximate surface area is 486 Å². The summed E-state index contributed by atoms with van der Waals surface area (Å²) >= 11 is -3.86. The molecular formula is C46H72F6O28S2Sn. The molecule has 83 heavy (non-hydrogen) atoms. The Morgan fingerprint density at radius 1 is 0.590 bits per heavy atom. The molecule has 482 valence electrons. The minimum absolute atomic E-state index is 0.0121. The van der Waals surface area contributed by atoms with Crippen LogP contribution in [0, 0.1) is 33.5 Å². The van der Waals surface area contributed by atoms with Gasteiger partial charge in [0.05, 0.1) is 26.4 Å². The molecule has 0 spiro atoms. The van der Waals surface area contributed by atoms with Crippen molar-refractivity contribution in [1.29, 1.82) is 0 Å². The van der Waals surface area contributed by atoms with Crippen molar-refractivity contribution in [3.8, 4) is 0 Å². The van der Waals surface area contributed by atoms with Crippen LogP contribution in [-0.2, 0) is 101 Å². The molecule has 2 N–H and O–H groups in total. The Morgan fingerprint density at radius 3 is 1.27 bits per heavy atom. The van der Waals surface area contributed by atoms with E-state index in [1.54, 1.807) is 27.7 Å². The van der Waals surface area contributed by atoms with Crippen LogP contribution >= 0.6 is 0 Å². The van der Waals surface area contributed by atoms with Gasteiger partial charge in [0.1, 0.15) is 81.1 Å². The first-order valence-corrected chi connectivity index (χ1v) is 29.3.